The molecule has 1 heterocycles. The van der Waals surface area contributed by atoms with E-state index in [1.54, 1.807) is 11.8 Å². The molecule has 0 aliphatic heterocycles. The average Bonchev–Trinajstić information content (AvgIpc) is 3.24. The standard InChI is InChI=1S/C30H41N5O3/c1-20-13-14-24(23(4)17-20)35-26(18-25(33-35)30(5,6)7)31-27(36)19-34(15-10-16-38-8)29(37)32-28-21(2)11-9-12-22(28)3/h9,11-14,17-18H,10,15-16,19H2,1-8H3,(H,31,36)(H,32,37). The number of rotatable bonds is 9. The number of carbonyl (C=O) groups is 2. The van der Waals surface area contributed by atoms with Crippen LogP contribution in [0.5, 0.6) is 0 Å². The van der Waals surface area contributed by atoms with Crippen LogP contribution in [0.1, 0.15) is 55.1 Å². The summed E-state index contributed by atoms with van der Waals surface area (Å²) in [4.78, 5) is 28.1. The number of anilines is 2. The molecule has 0 radical (unpaired) electrons. The molecule has 0 atom stereocenters. The Labute approximate surface area is 226 Å². The highest BCUT2D eigenvalue weighted by Gasteiger charge is 2.24. The predicted molar refractivity (Wildman–Crippen MR) is 153 cm³/mol. The van der Waals surface area contributed by atoms with E-state index in [1.807, 2.05) is 64.1 Å². The topological polar surface area (TPSA) is 88.5 Å². The minimum atomic E-state index is -0.327. The number of hydrogen-bond donors (Lipinski definition) is 2. The molecule has 8 heteroatoms. The number of nitrogens with zero attached hydrogens (tertiary/aromatic N) is 3. The molecule has 2 N–H and O–H groups in total. The molecule has 0 spiro atoms. The fourth-order valence-electron chi connectivity index (χ4n) is 4.27. The Balaban J connectivity index is 1.86. The van der Waals surface area contributed by atoms with Gasteiger partial charge in [-0.05, 0) is 56.9 Å². The van der Waals surface area contributed by atoms with E-state index in [9.17, 15) is 9.59 Å². The molecule has 0 aliphatic rings. The van der Waals surface area contributed by atoms with Crippen LogP contribution in [0.15, 0.2) is 42.5 Å². The van der Waals surface area contributed by atoms with Crippen LogP contribution < -0.4 is 10.6 Å². The maximum absolute atomic E-state index is 13.3. The largest absolute Gasteiger partial charge is 0.385 e. The first kappa shape index (κ1) is 28.9. The summed E-state index contributed by atoms with van der Waals surface area (Å²) >= 11 is 0. The summed E-state index contributed by atoms with van der Waals surface area (Å²) in [5, 5.41) is 10.8. The minimum Gasteiger partial charge on any atom is -0.385 e. The third kappa shape index (κ3) is 7.22. The second kappa shape index (κ2) is 12.3. The van der Waals surface area contributed by atoms with Crippen molar-refractivity contribution in [1.29, 1.82) is 0 Å². The molecule has 0 saturated heterocycles. The van der Waals surface area contributed by atoms with Crippen LogP contribution in [0.3, 0.4) is 0 Å². The molecule has 38 heavy (non-hydrogen) atoms. The first-order chi connectivity index (χ1) is 17.9. The molecular weight excluding hydrogens is 478 g/mol. The van der Waals surface area contributed by atoms with E-state index in [-0.39, 0.29) is 23.9 Å². The Hall–Kier alpha value is -3.65. The highest BCUT2D eigenvalue weighted by Crippen LogP contribution is 2.28. The lowest BCUT2D eigenvalue weighted by molar-refractivity contribution is -0.116. The lowest BCUT2D eigenvalue weighted by atomic mass is 9.92. The van der Waals surface area contributed by atoms with Crippen molar-refractivity contribution in [3.63, 3.8) is 0 Å². The van der Waals surface area contributed by atoms with Gasteiger partial charge < -0.3 is 20.3 Å². The van der Waals surface area contributed by atoms with Gasteiger partial charge in [0.15, 0.2) is 0 Å². The second-order valence-electron chi connectivity index (χ2n) is 10.9. The second-order valence-corrected chi connectivity index (χ2v) is 10.9. The molecule has 1 aromatic heterocycles. The van der Waals surface area contributed by atoms with Gasteiger partial charge in [0.05, 0.1) is 11.4 Å². The average molecular weight is 520 g/mol. The molecule has 204 valence electrons. The van der Waals surface area contributed by atoms with Crippen LogP contribution in [-0.2, 0) is 14.9 Å². The van der Waals surface area contributed by atoms with E-state index in [4.69, 9.17) is 9.84 Å². The van der Waals surface area contributed by atoms with Crippen LogP contribution in [0.2, 0.25) is 0 Å². The summed E-state index contributed by atoms with van der Waals surface area (Å²) in [5.41, 5.74) is 6.44. The van der Waals surface area contributed by atoms with Gasteiger partial charge in [-0.3, -0.25) is 4.79 Å². The van der Waals surface area contributed by atoms with Crippen LogP contribution in [0.4, 0.5) is 16.3 Å². The van der Waals surface area contributed by atoms with Gasteiger partial charge in [0, 0.05) is 37.4 Å². The van der Waals surface area contributed by atoms with Crippen LogP contribution in [-0.4, -0.2) is 53.4 Å². The number of hydrogen-bond acceptors (Lipinski definition) is 4. The Morgan fingerprint density at radius 1 is 0.974 bits per heavy atom. The third-order valence-corrected chi connectivity index (χ3v) is 6.44. The van der Waals surface area contributed by atoms with E-state index >= 15 is 0 Å². The molecule has 0 saturated carbocycles. The van der Waals surface area contributed by atoms with Crippen molar-refractivity contribution in [3.8, 4) is 5.69 Å². The highest BCUT2D eigenvalue weighted by atomic mass is 16.5. The molecule has 3 aromatic rings. The van der Waals surface area contributed by atoms with E-state index in [2.05, 4.69) is 37.5 Å². The number of methoxy groups -OCH3 is 1. The Bertz CT molecular complexity index is 1270. The molecule has 2 aromatic carbocycles. The number of aromatic nitrogens is 2. The molecule has 3 rings (SSSR count). The maximum atomic E-state index is 13.3. The van der Waals surface area contributed by atoms with Crippen molar-refractivity contribution >= 4 is 23.4 Å². The number of aryl methyl sites for hydroxylation is 4. The van der Waals surface area contributed by atoms with Gasteiger partial charge in [0.2, 0.25) is 5.91 Å². The monoisotopic (exact) mass is 519 g/mol. The predicted octanol–water partition coefficient (Wildman–Crippen LogP) is 5.91. The maximum Gasteiger partial charge on any atom is 0.322 e. The van der Waals surface area contributed by atoms with Crippen LogP contribution >= 0.6 is 0 Å². The number of nitrogens with one attached hydrogen (secondary N) is 2. The summed E-state index contributed by atoms with van der Waals surface area (Å²) < 4.78 is 6.95. The summed E-state index contributed by atoms with van der Waals surface area (Å²) in [5.74, 6) is 0.268. The van der Waals surface area contributed by atoms with E-state index in [0.717, 1.165) is 39.3 Å². The van der Waals surface area contributed by atoms with Crippen molar-refractivity contribution in [2.24, 2.45) is 0 Å². The molecule has 3 amide bonds. The normalized spacial score (nSPS) is 11.4. The van der Waals surface area contributed by atoms with Crippen molar-refractivity contribution < 1.29 is 14.3 Å². The van der Waals surface area contributed by atoms with Gasteiger partial charge in [-0.15, -0.1) is 0 Å². The number of benzene rings is 2. The Morgan fingerprint density at radius 2 is 1.66 bits per heavy atom. The summed E-state index contributed by atoms with van der Waals surface area (Å²) in [7, 11) is 1.62. The number of carbonyl (C=O) groups excluding carboxylic acids is 2. The number of ether oxygens (including phenoxy) is 1. The van der Waals surface area contributed by atoms with Gasteiger partial charge in [-0.1, -0.05) is 56.7 Å². The zero-order valence-electron chi connectivity index (χ0n) is 23.9. The molecule has 0 fully saturated rings. The smallest absolute Gasteiger partial charge is 0.322 e. The van der Waals surface area contributed by atoms with Gasteiger partial charge in [0.25, 0.3) is 0 Å². The highest BCUT2D eigenvalue weighted by molar-refractivity contribution is 5.97. The molecular formula is C30H41N5O3. The SMILES string of the molecule is COCCCN(CC(=O)Nc1cc(C(C)(C)C)nn1-c1ccc(C)cc1C)C(=O)Nc1c(C)cccc1C. The zero-order chi connectivity index (χ0) is 28.0. The lowest BCUT2D eigenvalue weighted by Gasteiger charge is -2.24. The van der Waals surface area contributed by atoms with Crippen molar-refractivity contribution in [3.05, 3.63) is 70.4 Å². The Morgan fingerprint density at radius 3 is 2.26 bits per heavy atom. The van der Waals surface area contributed by atoms with E-state index in [0.29, 0.717) is 25.4 Å². The van der Waals surface area contributed by atoms with Gasteiger partial charge in [-0.25, -0.2) is 9.48 Å². The minimum absolute atomic E-state index is 0.108. The number of amides is 3. The van der Waals surface area contributed by atoms with Crippen LogP contribution in [0, 0.1) is 27.7 Å². The fourth-order valence-corrected chi connectivity index (χ4v) is 4.27. The van der Waals surface area contributed by atoms with Gasteiger partial charge >= 0.3 is 6.03 Å². The molecule has 0 aliphatic carbocycles. The van der Waals surface area contributed by atoms with Gasteiger partial charge in [0.1, 0.15) is 12.4 Å². The Kier molecular flexibility index (Phi) is 9.33. The molecule has 0 bridgehead atoms. The molecule has 0 unspecified atom stereocenters. The van der Waals surface area contributed by atoms with Gasteiger partial charge in [-0.2, -0.15) is 5.10 Å². The first-order valence-electron chi connectivity index (χ1n) is 13.0. The first-order valence-corrected chi connectivity index (χ1v) is 13.0. The van der Waals surface area contributed by atoms with Crippen molar-refractivity contribution in [2.75, 3.05) is 37.4 Å². The zero-order valence-corrected chi connectivity index (χ0v) is 23.9. The summed E-state index contributed by atoms with van der Waals surface area (Å²) in [6, 6.07) is 13.6. The quantitative estimate of drug-likeness (QED) is 0.344. The van der Waals surface area contributed by atoms with Crippen molar-refractivity contribution in [1.82, 2.24) is 14.7 Å². The summed E-state index contributed by atoms with van der Waals surface area (Å²) in [6.45, 7) is 15.0. The summed E-state index contributed by atoms with van der Waals surface area (Å²) in [6.07, 6.45) is 0.610. The van der Waals surface area contributed by atoms with Crippen molar-refractivity contribution in [2.45, 2.75) is 60.3 Å². The fraction of sp³-hybridized carbons (Fsp3) is 0.433. The lowest BCUT2D eigenvalue weighted by Crippen LogP contribution is -2.41. The number of urea groups is 1. The van der Waals surface area contributed by atoms with E-state index in [1.165, 1.54) is 4.90 Å². The number of para-hydroxylation sites is 1. The van der Waals surface area contributed by atoms with Crippen LogP contribution in [0.25, 0.3) is 5.69 Å². The molecule has 8 nitrogen and oxygen atoms in total. The van der Waals surface area contributed by atoms with E-state index < -0.39 is 0 Å². The third-order valence-electron chi connectivity index (χ3n) is 6.44.